The Hall–Kier alpha value is -3.02. The summed E-state index contributed by atoms with van der Waals surface area (Å²) in [5, 5.41) is 6.72. The summed E-state index contributed by atoms with van der Waals surface area (Å²) in [7, 11) is 0. The van der Waals surface area contributed by atoms with Crippen LogP contribution in [0.4, 0.5) is 5.69 Å². The summed E-state index contributed by atoms with van der Waals surface area (Å²) in [4.78, 5) is 14.5. The molecule has 2 aliphatic rings. The summed E-state index contributed by atoms with van der Waals surface area (Å²) in [6, 6.07) is 14.1. The van der Waals surface area contributed by atoms with Gasteiger partial charge < -0.3 is 14.4 Å². The SMILES string of the molecule is CCOc1cc2c(cc1OCC)C1(C)N(CC2)C(C(C)=O)=NN1c1ccccc1. The van der Waals surface area contributed by atoms with Crippen LogP contribution in [0.5, 0.6) is 11.5 Å². The van der Waals surface area contributed by atoms with Crippen molar-refractivity contribution in [2.45, 2.75) is 39.8 Å². The van der Waals surface area contributed by atoms with Gasteiger partial charge in [-0.15, -0.1) is 5.10 Å². The van der Waals surface area contributed by atoms with E-state index in [2.05, 4.69) is 24.0 Å². The van der Waals surface area contributed by atoms with Gasteiger partial charge in [0.2, 0.25) is 0 Å². The lowest BCUT2D eigenvalue weighted by atomic mass is 9.87. The minimum Gasteiger partial charge on any atom is -0.490 e. The number of rotatable bonds is 6. The van der Waals surface area contributed by atoms with Crippen molar-refractivity contribution < 1.29 is 14.3 Å². The molecule has 0 fully saturated rings. The van der Waals surface area contributed by atoms with Crippen LogP contribution >= 0.6 is 0 Å². The number of carbonyl (C=O) groups is 1. The van der Waals surface area contributed by atoms with Crippen LogP contribution in [0.3, 0.4) is 0 Å². The first-order chi connectivity index (χ1) is 14.0. The van der Waals surface area contributed by atoms with E-state index in [9.17, 15) is 4.79 Å². The van der Waals surface area contributed by atoms with E-state index in [1.54, 1.807) is 6.92 Å². The zero-order valence-electron chi connectivity index (χ0n) is 17.4. The molecule has 0 aliphatic carbocycles. The molecule has 0 radical (unpaired) electrons. The average Bonchev–Trinajstić information content (AvgIpc) is 3.03. The first-order valence-electron chi connectivity index (χ1n) is 10.2. The van der Waals surface area contributed by atoms with E-state index in [0.717, 1.165) is 29.2 Å². The lowest BCUT2D eigenvalue weighted by molar-refractivity contribution is -0.111. The van der Waals surface area contributed by atoms with Gasteiger partial charge in [-0.2, -0.15) is 0 Å². The van der Waals surface area contributed by atoms with Crippen molar-refractivity contribution in [3.8, 4) is 11.5 Å². The van der Waals surface area contributed by atoms with Crippen molar-refractivity contribution in [2.75, 3.05) is 24.8 Å². The van der Waals surface area contributed by atoms with Gasteiger partial charge in [0, 0.05) is 19.0 Å². The first kappa shape index (κ1) is 19.3. The molecule has 0 bridgehead atoms. The quantitative estimate of drug-likeness (QED) is 0.744. The van der Waals surface area contributed by atoms with Gasteiger partial charge in [0.25, 0.3) is 0 Å². The molecule has 6 heteroatoms. The number of ketones is 1. The predicted octanol–water partition coefficient (Wildman–Crippen LogP) is 3.94. The minimum absolute atomic E-state index is 0.0333. The van der Waals surface area contributed by atoms with Gasteiger partial charge in [-0.05, 0) is 57.0 Å². The highest BCUT2D eigenvalue weighted by molar-refractivity contribution is 6.38. The molecule has 1 unspecified atom stereocenters. The number of amidine groups is 1. The van der Waals surface area contributed by atoms with Gasteiger partial charge in [0.1, 0.15) is 0 Å². The number of hydrazone groups is 1. The monoisotopic (exact) mass is 393 g/mol. The Morgan fingerprint density at radius 3 is 2.38 bits per heavy atom. The number of para-hydroxylation sites is 1. The normalized spacial score (nSPS) is 20.1. The number of fused-ring (bicyclic) bond motifs is 3. The fourth-order valence-electron chi connectivity index (χ4n) is 4.31. The average molecular weight is 393 g/mol. The van der Waals surface area contributed by atoms with Gasteiger partial charge in [-0.1, -0.05) is 18.2 Å². The molecule has 2 heterocycles. The molecule has 2 aromatic rings. The number of hydrogen-bond acceptors (Lipinski definition) is 6. The third-order valence-electron chi connectivity index (χ3n) is 5.59. The van der Waals surface area contributed by atoms with Crippen molar-refractivity contribution in [3.05, 3.63) is 53.6 Å². The zero-order chi connectivity index (χ0) is 20.6. The molecule has 1 atom stereocenters. The number of hydrogen-bond donors (Lipinski definition) is 0. The standard InChI is InChI=1S/C23H27N3O3/c1-5-28-20-14-17-12-13-25-22(16(3)27)24-26(18-10-8-7-9-11-18)23(25,4)19(17)15-21(20)29-6-2/h7-11,14-15H,5-6,12-13H2,1-4H3. The summed E-state index contributed by atoms with van der Waals surface area (Å²) in [6.45, 7) is 9.48. The van der Waals surface area contributed by atoms with Gasteiger partial charge >= 0.3 is 0 Å². The largest absolute Gasteiger partial charge is 0.490 e. The van der Waals surface area contributed by atoms with Crippen LogP contribution in [0, 0.1) is 0 Å². The summed E-state index contributed by atoms with van der Waals surface area (Å²) in [5.41, 5.74) is 2.60. The summed E-state index contributed by atoms with van der Waals surface area (Å²) >= 11 is 0. The van der Waals surface area contributed by atoms with E-state index < -0.39 is 5.66 Å². The molecular weight excluding hydrogens is 366 g/mol. The highest BCUT2D eigenvalue weighted by Gasteiger charge is 2.51. The number of carbonyl (C=O) groups excluding carboxylic acids is 1. The van der Waals surface area contributed by atoms with Gasteiger partial charge in [-0.3, -0.25) is 4.79 Å². The third kappa shape index (κ3) is 3.03. The van der Waals surface area contributed by atoms with Crippen LogP contribution in [0.15, 0.2) is 47.6 Å². The van der Waals surface area contributed by atoms with Gasteiger partial charge in [-0.25, -0.2) is 5.01 Å². The van der Waals surface area contributed by atoms with Crippen LogP contribution in [-0.2, 0) is 16.9 Å². The Balaban J connectivity index is 1.90. The molecule has 0 aromatic heterocycles. The molecule has 0 saturated heterocycles. The lowest BCUT2D eigenvalue weighted by Crippen LogP contribution is -2.55. The second-order valence-electron chi connectivity index (χ2n) is 7.37. The van der Waals surface area contributed by atoms with Gasteiger partial charge in [0.15, 0.2) is 28.8 Å². The zero-order valence-corrected chi connectivity index (χ0v) is 17.4. The van der Waals surface area contributed by atoms with E-state index >= 15 is 0 Å². The summed E-state index contributed by atoms with van der Waals surface area (Å²) < 4.78 is 11.7. The second-order valence-corrected chi connectivity index (χ2v) is 7.37. The number of anilines is 1. The molecule has 2 aromatic carbocycles. The van der Waals surface area contributed by atoms with Crippen LogP contribution in [-0.4, -0.2) is 36.3 Å². The Labute approximate surface area is 171 Å². The molecular formula is C23H27N3O3. The molecule has 29 heavy (non-hydrogen) atoms. The van der Waals surface area contributed by atoms with E-state index in [-0.39, 0.29) is 5.78 Å². The maximum atomic E-state index is 12.4. The maximum absolute atomic E-state index is 12.4. The molecule has 2 aliphatic heterocycles. The van der Waals surface area contributed by atoms with Crippen molar-refractivity contribution in [2.24, 2.45) is 5.10 Å². The molecule has 4 rings (SSSR count). The number of Topliss-reactive ketones (excluding diaryl/α,β-unsaturated/α-hetero) is 1. The Bertz CT molecular complexity index is 957. The van der Waals surface area contributed by atoms with E-state index in [1.807, 2.05) is 49.2 Å². The van der Waals surface area contributed by atoms with Crippen molar-refractivity contribution in [1.29, 1.82) is 0 Å². The lowest BCUT2D eigenvalue weighted by Gasteiger charge is -2.46. The van der Waals surface area contributed by atoms with E-state index in [4.69, 9.17) is 14.6 Å². The highest BCUT2D eigenvalue weighted by Crippen LogP contribution is 2.47. The molecule has 0 spiro atoms. The number of ether oxygens (including phenoxy) is 2. The Kier molecular flexibility index (Phi) is 4.94. The fourth-order valence-corrected chi connectivity index (χ4v) is 4.31. The fraction of sp³-hybridized carbons (Fsp3) is 0.391. The third-order valence-corrected chi connectivity index (χ3v) is 5.59. The van der Waals surface area contributed by atoms with E-state index in [0.29, 0.717) is 25.6 Å². The minimum atomic E-state index is -0.619. The van der Waals surface area contributed by atoms with Crippen molar-refractivity contribution >= 4 is 17.3 Å². The first-order valence-corrected chi connectivity index (χ1v) is 10.2. The van der Waals surface area contributed by atoms with E-state index in [1.165, 1.54) is 5.56 Å². The topological polar surface area (TPSA) is 54.4 Å². The Morgan fingerprint density at radius 1 is 1.10 bits per heavy atom. The molecule has 0 amide bonds. The van der Waals surface area contributed by atoms with Crippen LogP contribution in [0.25, 0.3) is 0 Å². The summed E-state index contributed by atoms with van der Waals surface area (Å²) in [5.74, 6) is 1.95. The predicted molar refractivity (Wildman–Crippen MR) is 114 cm³/mol. The molecule has 0 saturated carbocycles. The second kappa shape index (κ2) is 7.43. The highest BCUT2D eigenvalue weighted by atomic mass is 16.5. The number of benzene rings is 2. The van der Waals surface area contributed by atoms with Crippen LogP contribution in [0.1, 0.15) is 38.8 Å². The van der Waals surface area contributed by atoms with Crippen molar-refractivity contribution in [1.82, 2.24) is 4.90 Å². The molecule has 0 N–H and O–H groups in total. The van der Waals surface area contributed by atoms with Crippen LogP contribution in [0.2, 0.25) is 0 Å². The maximum Gasteiger partial charge on any atom is 0.196 e. The molecule has 6 nitrogen and oxygen atoms in total. The van der Waals surface area contributed by atoms with Gasteiger partial charge in [0.05, 0.1) is 18.9 Å². The van der Waals surface area contributed by atoms with Crippen molar-refractivity contribution in [3.63, 3.8) is 0 Å². The number of nitrogens with zero attached hydrogens (tertiary/aromatic N) is 3. The van der Waals surface area contributed by atoms with Crippen LogP contribution < -0.4 is 14.5 Å². The smallest absolute Gasteiger partial charge is 0.196 e. The summed E-state index contributed by atoms with van der Waals surface area (Å²) in [6.07, 6.45) is 0.812. The molecule has 152 valence electrons. The Morgan fingerprint density at radius 2 is 1.76 bits per heavy atom.